The number of halogens is 1. The van der Waals surface area contributed by atoms with Gasteiger partial charge in [0, 0.05) is 23.1 Å². The van der Waals surface area contributed by atoms with Gasteiger partial charge in [-0.1, -0.05) is 0 Å². The van der Waals surface area contributed by atoms with Gasteiger partial charge in [0.05, 0.1) is 0 Å². The van der Waals surface area contributed by atoms with Crippen LogP contribution in [-0.4, -0.2) is 24.5 Å². The SMILES string of the molecule is Nc1c(Nc2ccc(Br)cn2)ncnc1-n1ccnc1. The Balaban J connectivity index is 1.94. The molecule has 3 rings (SSSR count). The quantitative estimate of drug-likeness (QED) is 0.763. The lowest BCUT2D eigenvalue weighted by atomic mass is 10.4. The molecule has 20 heavy (non-hydrogen) atoms. The van der Waals surface area contributed by atoms with Crippen molar-refractivity contribution in [2.24, 2.45) is 0 Å². The summed E-state index contributed by atoms with van der Waals surface area (Å²) in [5.74, 6) is 1.71. The van der Waals surface area contributed by atoms with Gasteiger partial charge in [-0.15, -0.1) is 0 Å². The molecular formula is C12H10BrN7. The summed E-state index contributed by atoms with van der Waals surface area (Å²) in [6, 6.07) is 3.70. The van der Waals surface area contributed by atoms with Crippen LogP contribution < -0.4 is 11.1 Å². The van der Waals surface area contributed by atoms with E-state index in [4.69, 9.17) is 5.73 Å². The van der Waals surface area contributed by atoms with Gasteiger partial charge in [-0.3, -0.25) is 4.57 Å². The van der Waals surface area contributed by atoms with Crippen LogP contribution in [-0.2, 0) is 0 Å². The molecule has 0 saturated heterocycles. The highest BCUT2D eigenvalue weighted by atomic mass is 79.9. The van der Waals surface area contributed by atoms with E-state index in [0.717, 1.165) is 4.47 Å². The molecule has 0 aliphatic carbocycles. The molecule has 0 spiro atoms. The maximum atomic E-state index is 6.08. The average molecular weight is 332 g/mol. The van der Waals surface area contributed by atoms with Crippen molar-refractivity contribution in [1.82, 2.24) is 24.5 Å². The second-order valence-electron chi connectivity index (χ2n) is 3.92. The molecule has 3 heterocycles. The molecule has 0 aromatic carbocycles. The van der Waals surface area contributed by atoms with Crippen LogP contribution in [0.25, 0.3) is 5.82 Å². The van der Waals surface area contributed by atoms with Crippen LogP contribution in [0.2, 0.25) is 0 Å². The van der Waals surface area contributed by atoms with Crippen LogP contribution in [0.15, 0.2) is 47.9 Å². The Morgan fingerprint density at radius 1 is 1.20 bits per heavy atom. The zero-order chi connectivity index (χ0) is 13.9. The molecule has 0 aliphatic rings. The Kier molecular flexibility index (Phi) is 3.30. The van der Waals surface area contributed by atoms with Crippen LogP contribution in [0.4, 0.5) is 17.3 Å². The second kappa shape index (κ2) is 5.25. The van der Waals surface area contributed by atoms with Crippen molar-refractivity contribution < 1.29 is 0 Å². The molecule has 3 aromatic rings. The topological polar surface area (TPSA) is 94.5 Å². The lowest BCUT2D eigenvalue weighted by Crippen LogP contribution is -2.07. The van der Waals surface area contributed by atoms with Crippen molar-refractivity contribution >= 4 is 33.3 Å². The summed E-state index contributed by atoms with van der Waals surface area (Å²) in [6.45, 7) is 0. The van der Waals surface area contributed by atoms with Crippen molar-refractivity contribution in [2.75, 3.05) is 11.1 Å². The van der Waals surface area contributed by atoms with Gasteiger partial charge in [0.25, 0.3) is 0 Å². The molecule has 0 aliphatic heterocycles. The summed E-state index contributed by atoms with van der Waals surface area (Å²) in [5, 5.41) is 3.06. The number of anilines is 3. The summed E-state index contributed by atoms with van der Waals surface area (Å²) in [5.41, 5.74) is 6.51. The maximum Gasteiger partial charge on any atom is 0.166 e. The zero-order valence-electron chi connectivity index (χ0n) is 10.2. The number of pyridine rings is 1. The molecule has 0 saturated carbocycles. The predicted molar refractivity (Wildman–Crippen MR) is 78.8 cm³/mol. The van der Waals surface area contributed by atoms with E-state index in [1.54, 1.807) is 29.5 Å². The van der Waals surface area contributed by atoms with Crippen LogP contribution in [0.1, 0.15) is 0 Å². The van der Waals surface area contributed by atoms with E-state index in [9.17, 15) is 0 Å². The number of nitrogens with zero attached hydrogens (tertiary/aromatic N) is 5. The number of nitrogens with two attached hydrogens (primary N) is 1. The van der Waals surface area contributed by atoms with Gasteiger partial charge in [-0.25, -0.2) is 19.9 Å². The van der Waals surface area contributed by atoms with E-state index in [1.807, 2.05) is 12.1 Å². The van der Waals surface area contributed by atoms with Crippen LogP contribution in [0.3, 0.4) is 0 Å². The van der Waals surface area contributed by atoms with Gasteiger partial charge in [0.1, 0.15) is 24.2 Å². The third-order valence-electron chi connectivity index (χ3n) is 2.59. The molecule has 0 bridgehead atoms. The number of aromatic nitrogens is 5. The molecule has 0 unspecified atom stereocenters. The first-order valence-electron chi connectivity index (χ1n) is 5.71. The van der Waals surface area contributed by atoms with E-state index in [0.29, 0.717) is 23.1 Å². The van der Waals surface area contributed by atoms with Crippen LogP contribution >= 0.6 is 15.9 Å². The minimum Gasteiger partial charge on any atom is -0.393 e. The summed E-state index contributed by atoms with van der Waals surface area (Å²) in [4.78, 5) is 16.5. The van der Waals surface area contributed by atoms with E-state index < -0.39 is 0 Å². The van der Waals surface area contributed by atoms with Gasteiger partial charge in [0.15, 0.2) is 11.6 Å². The molecule has 0 fully saturated rings. The Bertz CT molecular complexity index is 709. The first kappa shape index (κ1) is 12.5. The Morgan fingerprint density at radius 2 is 2.10 bits per heavy atom. The second-order valence-corrected chi connectivity index (χ2v) is 4.83. The molecule has 100 valence electrons. The first-order chi connectivity index (χ1) is 9.74. The predicted octanol–water partition coefficient (Wildman–Crippen LogP) is 2.15. The smallest absolute Gasteiger partial charge is 0.166 e. The third kappa shape index (κ3) is 2.45. The molecule has 3 N–H and O–H groups in total. The lowest BCUT2D eigenvalue weighted by molar-refractivity contribution is 0.977. The Labute approximate surface area is 123 Å². The zero-order valence-corrected chi connectivity index (χ0v) is 11.8. The molecule has 3 aromatic heterocycles. The Morgan fingerprint density at radius 3 is 2.80 bits per heavy atom. The van der Waals surface area contributed by atoms with Crippen molar-refractivity contribution in [3.05, 3.63) is 47.9 Å². The van der Waals surface area contributed by atoms with Crippen molar-refractivity contribution in [3.63, 3.8) is 0 Å². The largest absolute Gasteiger partial charge is 0.393 e. The average Bonchev–Trinajstić information content (AvgIpc) is 2.97. The van der Waals surface area contributed by atoms with Crippen LogP contribution in [0.5, 0.6) is 0 Å². The van der Waals surface area contributed by atoms with Crippen molar-refractivity contribution in [2.45, 2.75) is 0 Å². The number of hydrogen-bond acceptors (Lipinski definition) is 6. The van der Waals surface area contributed by atoms with Gasteiger partial charge < -0.3 is 11.1 Å². The normalized spacial score (nSPS) is 10.4. The fraction of sp³-hybridized carbons (Fsp3) is 0. The molecule has 0 atom stereocenters. The molecular weight excluding hydrogens is 322 g/mol. The molecule has 0 amide bonds. The van der Waals surface area contributed by atoms with Crippen molar-refractivity contribution in [1.29, 1.82) is 0 Å². The highest BCUT2D eigenvalue weighted by Crippen LogP contribution is 2.24. The summed E-state index contributed by atoms with van der Waals surface area (Å²) in [6.07, 6.45) is 8.18. The first-order valence-corrected chi connectivity index (χ1v) is 6.51. The maximum absolute atomic E-state index is 6.08. The molecule has 7 nitrogen and oxygen atoms in total. The van der Waals surface area contributed by atoms with E-state index in [2.05, 4.69) is 41.2 Å². The number of nitrogens with one attached hydrogen (secondary N) is 1. The third-order valence-corrected chi connectivity index (χ3v) is 3.05. The summed E-state index contributed by atoms with van der Waals surface area (Å²) >= 11 is 3.33. The highest BCUT2D eigenvalue weighted by molar-refractivity contribution is 9.10. The van der Waals surface area contributed by atoms with E-state index in [-0.39, 0.29) is 0 Å². The van der Waals surface area contributed by atoms with E-state index >= 15 is 0 Å². The van der Waals surface area contributed by atoms with Crippen LogP contribution in [0, 0.1) is 0 Å². The minimum atomic E-state index is 0.426. The molecule has 0 radical (unpaired) electrons. The molecule has 8 heteroatoms. The number of rotatable bonds is 3. The van der Waals surface area contributed by atoms with Gasteiger partial charge in [-0.2, -0.15) is 0 Å². The summed E-state index contributed by atoms with van der Waals surface area (Å²) < 4.78 is 2.62. The lowest BCUT2D eigenvalue weighted by Gasteiger charge is -2.10. The standard InChI is InChI=1S/C12H10BrN7/c13-8-1-2-9(16-5-8)19-11-10(14)12(18-6-17-11)20-4-3-15-7-20/h1-7H,14H2,(H,16,17,18,19). The fourth-order valence-corrected chi connectivity index (χ4v) is 1.88. The van der Waals surface area contributed by atoms with Gasteiger partial charge in [-0.05, 0) is 28.1 Å². The van der Waals surface area contributed by atoms with Gasteiger partial charge >= 0.3 is 0 Å². The summed E-state index contributed by atoms with van der Waals surface area (Å²) in [7, 11) is 0. The van der Waals surface area contributed by atoms with Crippen molar-refractivity contribution in [3.8, 4) is 5.82 Å². The van der Waals surface area contributed by atoms with Gasteiger partial charge in [0.2, 0.25) is 0 Å². The monoisotopic (exact) mass is 331 g/mol. The highest BCUT2D eigenvalue weighted by Gasteiger charge is 2.10. The number of hydrogen-bond donors (Lipinski definition) is 2. The number of nitrogen functional groups attached to an aromatic ring is 1. The fourth-order valence-electron chi connectivity index (χ4n) is 1.65. The van der Waals surface area contributed by atoms with E-state index in [1.165, 1.54) is 6.33 Å². The number of imidazole rings is 1. The Hall–Kier alpha value is -2.48. The minimum absolute atomic E-state index is 0.426.